The third-order valence-corrected chi connectivity index (χ3v) is 5.15. The minimum Gasteiger partial charge on any atom is -0.298 e. The third-order valence-electron chi connectivity index (χ3n) is 3.56. The molecule has 0 radical (unpaired) electrons. The summed E-state index contributed by atoms with van der Waals surface area (Å²) in [6, 6.07) is 7.10. The van der Waals surface area contributed by atoms with Gasteiger partial charge in [-0.05, 0) is 36.1 Å². The van der Waals surface area contributed by atoms with E-state index in [1.165, 1.54) is 11.3 Å². The molecule has 0 bridgehead atoms. The fourth-order valence-corrected chi connectivity index (χ4v) is 3.72. The van der Waals surface area contributed by atoms with Crippen LogP contribution in [0.25, 0.3) is 0 Å². The Hall–Kier alpha value is -1.53. The van der Waals surface area contributed by atoms with E-state index in [0.717, 1.165) is 16.6 Å². The van der Waals surface area contributed by atoms with Gasteiger partial charge in [-0.3, -0.25) is 14.9 Å². The zero-order valence-corrected chi connectivity index (χ0v) is 14.7. The molecule has 3 rings (SSSR count). The van der Waals surface area contributed by atoms with Gasteiger partial charge >= 0.3 is 0 Å². The van der Waals surface area contributed by atoms with Gasteiger partial charge in [0.05, 0.1) is 10.6 Å². The highest BCUT2D eigenvalue weighted by molar-refractivity contribution is 9.10. The molecule has 1 aliphatic rings. The Balaban J connectivity index is 1.81. The van der Waals surface area contributed by atoms with Gasteiger partial charge in [0.15, 0.2) is 10.9 Å². The minimum atomic E-state index is -0.217. The number of nitrogens with one attached hydrogen (secondary N) is 1. The van der Waals surface area contributed by atoms with Crippen molar-refractivity contribution in [3.63, 3.8) is 0 Å². The number of ketones is 1. The summed E-state index contributed by atoms with van der Waals surface area (Å²) < 4.78 is 0.918. The SMILES string of the molecule is CC1(C)CC(=O)c2sc(NC(=O)c3ccc(Br)cc3)nc2C1. The molecule has 4 nitrogen and oxygen atoms in total. The Morgan fingerprint density at radius 3 is 2.64 bits per heavy atom. The lowest BCUT2D eigenvalue weighted by Crippen LogP contribution is -2.26. The number of carbonyl (C=O) groups is 2. The Labute approximate surface area is 141 Å². The molecule has 0 fully saturated rings. The van der Waals surface area contributed by atoms with Crippen molar-refractivity contribution >= 4 is 44.1 Å². The number of amides is 1. The van der Waals surface area contributed by atoms with Crippen LogP contribution >= 0.6 is 27.3 Å². The van der Waals surface area contributed by atoms with Gasteiger partial charge in [-0.1, -0.05) is 41.1 Å². The van der Waals surface area contributed by atoms with E-state index < -0.39 is 0 Å². The number of fused-ring (bicyclic) bond motifs is 1. The maximum Gasteiger partial charge on any atom is 0.257 e. The third kappa shape index (κ3) is 3.13. The molecular formula is C16H15BrN2O2S. The Kier molecular flexibility index (Phi) is 3.91. The van der Waals surface area contributed by atoms with Crippen LogP contribution in [0.15, 0.2) is 28.7 Å². The van der Waals surface area contributed by atoms with E-state index in [9.17, 15) is 9.59 Å². The number of aromatic nitrogens is 1. The molecule has 1 aromatic heterocycles. The number of rotatable bonds is 2. The second-order valence-electron chi connectivity index (χ2n) is 6.20. The monoisotopic (exact) mass is 378 g/mol. The molecule has 0 unspecified atom stereocenters. The zero-order valence-electron chi connectivity index (χ0n) is 12.3. The van der Waals surface area contributed by atoms with Crippen molar-refractivity contribution in [2.75, 3.05) is 5.32 Å². The van der Waals surface area contributed by atoms with Crippen molar-refractivity contribution in [2.45, 2.75) is 26.7 Å². The van der Waals surface area contributed by atoms with Crippen molar-refractivity contribution in [2.24, 2.45) is 5.41 Å². The zero-order chi connectivity index (χ0) is 15.9. The van der Waals surface area contributed by atoms with Gasteiger partial charge in [-0.15, -0.1) is 0 Å². The summed E-state index contributed by atoms with van der Waals surface area (Å²) in [5.74, 6) is -0.0989. The number of anilines is 1. The standard InChI is InChI=1S/C16H15BrN2O2S/c1-16(2)7-11-13(12(20)8-16)22-15(18-11)19-14(21)9-3-5-10(17)6-4-9/h3-6H,7-8H2,1-2H3,(H,18,19,21). The topological polar surface area (TPSA) is 59.1 Å². The molecule has 0 saturated carbocycles. The molecule has 2 aromatic rings. The maximum atomic E-state index is 12.2. The summed E-state index contributed by atoms with van der Waals surface area (Å²) >= 11 is 4.61. The number of Topliss-reactive ketones (excluding diaryl/α,β-unsaturated/α-hetero) is 1. The van der Waals surface area contributed by atoms with Gasteiger partial charge in [0.25, 0.3) is 5.91 Å². The summed E-state index contributed by atoms with van der Waals surface area (Å²) in [4.78, 5) is 29.5. The summed E-state index contributed by atoms with van der Waals surface area (Å²) in [5, 5.41) is 3.27. The van der Waals surface area contributed by atoms with Gasteiger partial charge < -0.3 is 0 Å². The summed E-state index contributed by atoms with van der Waals surface area (Å²) in [7, 11) is 0. The fraction of sp³-hybridized carbons (Fsp3) is 0.312. The lowest BCUT2D eigenvalue weighted by Gasteiger charge is -2.26. The lowest BCUT2D eigenvalue weighted by atomic mass is 9.78. The van der Waals surface area contributed by atoms with Crippen LogP contribution in [0, 0.1) is 5.41 Å². The van der Waals surface area contributed by atoms with Crippen LogP contribution in [-0.4, -0.2) is 16.7 Å². The van der Waals surface area contributed by atoms with Crippen LogP contribution in [0.4, 0.5) is 5.13 Å². The normalized spacial score (nSPS) is 16.2. The Bertz CT molecular complexity index is 750. The average Bonchev–Trinajstić information content (AvgIpc) is 2.80. The molecule has 1 amide bonds. The quantitative estimate of drug-likeness (QED) is 0.846. The van der Waals surface area contributed by atoms with Gasteiger partial charge in [0.1, 0.15) is 0 Å². The summed E-state index contributed by atoms with van der Waals surface area (Å²) in [6.07, 6.45) is 1.29. The van der Waals surface area contributed by atoms with Crippen LogP contribution in [0.1, 0.15) is 46.0 Å². The smallest absolute Gasteiger partial charge is 0.257 e. The van der Waals surface area contributed by atoms with Gasteiger partial charge in [0, 0.05) is 16.5 Å². The Morgan fingerprint density at radius 2 is 1.95 bits per heavy atom. The fourth-order valence-electron chi connectivity index (χ4n) is 2.54. The van der Waals surface area contributed by atoms with E-state index in [-0.39, 0.29) is 17.1 Å². The second-order valence-corrected chi connectivity index (χ2v) is 8.11. The number of thiazole rings is 1. The van der Waals surface area contributed by atoms with E-state index in [2.05, 4.69) is 40.1 Å². The van der Waals surface area contributed by atoms with E-state index in [4.69, 9.17) is 0 Å². The van der Waals surface area contributed by atoms with Crippen molar-refractivity contribution in [3.8, 4) is 0 Å². The van der Waals surface area contributed by atoms with Crippen molar-refractivity contribution in [1.82, 2.24) is 4.98 Å². The van der Waals surface area contributed by atoms with Crippen LogP contribution in [-0.2, 0) is 6.42 Å². The van der Waals surface area contributed by atoms with Crippen LogP contribution in [0.2, 0.25) is 0 Å². The van der Waals surface area contributed by atoms with E-state index in [1.807, 2.05) is 12.1 Å². The van der Waals surface area contributed by atoms with Crippen molar-refractivity contribution in [1.29, 1.82) is 0 Å². The molecule has 114 valence electrons. The number of hydrogen-bond acceptors (Lipinski definition) is 4. The molecule has 1 N–H and O–H groups in total. The van der Waals surface area contributed by atoms with E-state index in [0.29, 0.717) is 22.0 Å². The lowest BCUT2D eigenvalue weighted by molar-refractivity contribution is 0.0915. The molecule has 0 saturated heterocycles. The molecule has 0 aliphatic heterocycles. The predicted octanol–water partition coefficient (Wildman–Crippen LogP) is 4.31. The molecule has 1 heterocycles. The summed E-state index contributed by atoms with van der Waals surface area (Å²) in [5.41, 5.74) is 1.30. The molecule has 1 aliphatic carbocycles. The van der Waals surface area contributed by atoms with Crippen molar-refractivity contribution in [3.05, 3.63) is 44.9 Å². The van der Waals surface area contributed by atoms with Gasteiger partial charge in [0.2, 0.25) is 0 Å². The predicted molar refractivity (Wildman–Crippen MR) is 90.6 cm³/mol. The summed E-state index contributed by atoms with van der Waals surface area (Å²) in [6.45, 7) is 4.13. The first kappa shape index (κ1) is 15.4. The number of hydrogen-bond donors (Lipinski definition) is 1. The van der Waals surface area contributed by atoms with Crippen LogP contribution in [0.3, 0.4) is 0 Å². The highest BCUT2D eigenvalue weighted by Gasteiger charge is 2.34. The first-order valence-electron chi connectivity index (χ1n) is 6.94. The number of nitrogens with zero attached hydrogens (tertiary/aromatic N) is 1. The number of halogens is 1. The van der Waals surface area contributed by atoms with Gasteiger partial charge in [-0.25, -0.2) is 4.98 Å². The molecule has 0 spiro atoms. The van der Waals surface area contributed by atoms with Gasteiger partial charge in [-0.2, -0.15) is 0 Å². The van der Waals surface area contributed by atoms with E-state index in [1.54, 1.807) is 12.1 Å². The average molecular weight is 379 g/mol. The molecular weight excluding hydrogens is 364 g/mol. The first-order chi connectivity index (χ1) is 10.3. The largest absolute Gasteiger partial charge is 0.298 e. The van der Waals surface area contributed by atoms with Crippen LogP contribution in [0.5, 0.6) is 0 Å². The van der Waals surface area contributed by atoms with Crippen LogP contribution < -0.4 is 5.32 Å². The minimum absolute atomic E-state index is 0.0643. The highest BCUT2D eigenvalue weighted by Crippen LogP contribution is 2.38. The molecule has 1 aromatic carbocycles. The van der Waals surface area contributed by atoms with E-state index >= 15 is 0 Å². The highest BCUT2D eigenvalue weighted by atomic mass is 79.9. The second kappa shape index (κ2) is 5.59. The Morgan fingerprint density at radius 1 is 1.27 bits per heavy atom. The maximum absolute atomic E-state index is 12.2. The van der Waals surface area contributed by atoms with Crippen molar-refractivity contribution < 1.29 is 9.59 Å². The molecule has 22 heavy (non-hydrogen) atoms. The molecule has 6 heteroatoms. The number of carbonyl (C=O) groups excluding carboxylic acids is 2. The number of benzene rings is 1. The first-order valence-corrected chi connectivity index (χ1v) is 8.55. The molecule has 0 atom stereocenters.